The Morgan fingerprint density at radius 2 is 1.76 bits per heavy atom. The van der Waals surface area contributed by atoms with Crippen molar-refractivity contribution >= 4 is 42.4 Å². The predicted molar refractivity (Wildman–Crippen MR) is 134 cm³/mol. The molecule has 0 aliphatic heterocycles. The quantitative estimate of drug-likeness (QED) is 0.448. The van der Waals surface area contributed by atoms with Gasteiger partial charge in [0.25, 0.3) is 0 Å². The zero-order valence-electron chi connectivity index (χ0n) is 19.5. The first-order chi connectivity index (χ1) is 16.3. The van der Waals surface area contributed by atoms with E-state index in [-0.39, 0.29) is 22.6 Å². The molecule has 1 aliphatic carbocycles. The standard InChI is InChI=1S/C24H29N3O5S2/c1-4-34(29,30)17-11-9-15(10-12-17)22(25-16-7-5-6-8-16)23(28)27-24-26-18-13-19(31-2)20(32-3)14-21(18)33-24/h9-14,16,22,25H,4-8H2,1-3H3,(H,26,27,28). The molecule has 3 aromatic rings. The van der Waals surface area contributed by atoms with E-state index in [9.17, 15) is 13.2 Å². The molecular formula is C24H29N3O5S2. The minimum absolute atomic E-state index is 0.0315. The van der Waals surface area contributed by atoms with Crippen molar-refractivity contribution in [1.29, 1.82) is 0 Å². The molecular weight excluding hydrogens is 474 g/mol. The molecule has 10 heteroatoms. The molecule has 2 aromatic carbocycles. The number of carbonyl (C=O) groups excluding carboxylic acids is 1. The highest BCUT2D eigenvalue weighted by molar-refractivity contribution is 7.91. The fourth-order valence-electron chi connectivity index (χ4n) is 4.17. The average Bonchev–Trinajstić information content (AvgIpc) is 3.50. The largest absolute Gasteiger partial charge is 0.493 e. The zero-order valence-corrected chi connectivity index (χ0v) is 21.1. The molecule has 0 saturated heterocycles. The molecule has 1 atom stereocenters. The molecule has 1 aliphatic rings. The Kier molecular flexibility index (Phi) is 7.39. The van der Waals surface area contributed by atoms with Crippen molar-refractivity contribution in [2.24, 2.45) is 0 Å². The Morgan fingerprint density at radius 3 is 2.38 bits per heavy atom. The Balaban J connectivity index is 1.60. The number of ether oxygens (including phenoxy) is 2. The second kappa shape index (κ2) is 10.3. The summed E-state index contributed by atoms with van der Waals surface area (Å²) in [4.78, 5) is 18.2. The van der Waals surface area contributed by atoms with Crippen LogP contribution in [0.1, 0.15) is 44.2 Å². The maximum atomic E-state index is 13.4. The van der Waals surface area contributed by atoms with Gasteiger partial charge in [-0.1, -0.05) is 43.2 Å². The van der Waals surface area contributed by atoms with Crippen LogP contribution in [0.3, 0.4) is 0 Å². The third-order valence-electron chi connectivity index (χ3n) is 6.10. The lowest BCUT2D eigenvalue weighted by atomic mass is 10.0. The van der Waals surface area contributed by atoms with Crippen molar-refractivity contribution in [2.75, 3.05) is 25.3 Å². The number of thiazole rings is 1. The van der Waals surface area contributed by atoms with Crippen molar-refractivity contribution in [3.63, 3.8) is 0 Å². The van der Waals surface area contributed by atoms with Gasteiger partial charge in [-0.2, -0.15) is 0 Å². The van der Waals surface area contributed by atoms with Crippen LogP contribution in [-0.4, -0.2) is 45.3 Å². The topological polar surface area (TPSA) is 107 Å². The van der Waals surface area contributed by atoms with E-state index in [4.69, 9.17) is 9.47 Å². The molecule has 4 rings (SSSR count). The van der Waals surface area contributed by atoms with E-state index < -0.39 is 15.9 Å². The number of methoxy groups -OCH3 is 2. The van der Waals surface area contributed by atoms with Crippen molar-refractivity contribution in [2.45, 2.75) is 49.6 Å². The van der Waals surface area contributed by atoms with E-state index >= 15 is 0 Å². The Labute approximate surface area is 203 Å². The summed E-state index contributed by atoms with van der Waals surface area (Å²) in [7, 11) is -0.170. The molecule has 1 amide bonds. The summed E-state index contributed by atoms with van der Waals surface area (Å²) in [5.74, 6) is 0.959. The summed E-state index contributed by atoms with van der Waals surface area (Å²) in [5, 5.41) is 6.88. The maximum Gasteiger partial charge on any atom is 0.247 e. The predicted octanol–water partition coefficient (Wildman–Crippen LogP) is 4.32. The van der Waals surface area contributed by atoms with E-state index in [1.165, 1.54) is 11.3 Å². The number of anilines is 1. The van der Waals surface area contributed by atoms with Crippen LogP contribution in [0.15, 0.2) is 41.3 Å². The molecule has 1 unspecified atom stereocenters. The number of nitrogens with one attached hydrogen (secondary N) is 2. The zero-order chi connectivity index (χ0) is 24.3. The molecule has 1 heterocycles. The number of benzene rings is 2. The van der Waals surface area contributed by atoms with Gasteiger partial charge >= 0.3 is 0 Å². The highest BCUT2D eigenvalue weighted by Gasteiger charge is 2.27. The SMILES string of the molecule is CCS(=O)(=O)c1ccc(C(NC2CCCC2)C(=O)Nc2nc3cc(OC)c(OC)cc3s2)cc1. The number of hydrogen-bond acceptors (Lipinski definition) is 8. The number of sulfone groups is 1. The second-order valence-electron chi connectivity index (χ2n) is 8.24. The van der Waals surface area contributed by atoms with Crippen LogP contribution in [0.2, 0.25) is 0 Å². The van der Waals surface area contributed by atoms with Crippen molar-refractivity contribution in [1.82, 2.24) is 10.3 Å². The maximum absolute atomic E-state index is 13.4. The molecule has 1 fully saturated rings. The second-order valence-corrected chi connectivity index (χ2v) is 11.5. The molecule has 0 radical (unpaired) electrons. The van der Waals surface area contributed by atoms with Crippen LogP contribution in [0.5, 0.6) is 11.5 Å². The van der Waals surface area contributed by atoms with Crippen LogP contribution in [0.25, 0.3) is 10.2 Å². The lowest BCUT2D eigenvalue weighted by Gasteiger charge is -2.22. The smallest absolute Gasteiger partial charge is 0.247 e. The Morgan fingerprint density at radius 1 is 1.12 bits per heavy atom. The number of fused-ring (bicyclic) bond motifs is 1. The van der Waals surface area contributed by atoms with Gasteiger partial charge in [-0.3, -0.25) is 10.1 Å². The van der Waals surface area contributed by atoms with Crippen molar-refractivity contribution < 1.29 is 22.7 Å². The normalized spacial score (nSPS) is 15.4. The van der Waals surface area contributed by atoms with Crippen LogP contribution >= 0.6 is 11.3 Å². The third-order valence-corrected chi connectivity index (χ3v) is 8.78. The Bertz CT molecular complexity index is 1220. The van der Waals surface area contributed by atoms with Gasteiger partial charge in [0, 0.05) is 18.2 Å². The number of carbonyl (C=O) groups is 1. The Hall–Kier alpha value is -2.69. The average molecular weight is 504 g/mol. The summed E-state index contributed by atoms with van der Waals surface area (Å²) in [5.41, 5.74) is 1.41. The van der Waals surface area contributed by atoms with Crippen molar-refractivity contribution in [3.8, 4) is 11.5 Å². The molecule has 1 aromatic heterocycles. The molecule has 2 N–H and O–H groups in total. The van der Waals surface area contributed by atoms with Gasteiger partial charge in [-0.05, 0) is 30.5 Å². The van der Waals surface area contributed by atoms with E-state index in [2.05, 4.69) is 15.6 Å². The van der Waals surface area contributed by atoms with Gasteiger partial charge in [0.05, 0.1) is 35.1 Å². The number of rotatable bonds is 9. The summed E-state index contributed by atoms with van der Waals surface area (Å²) in [6.07, 6.45) is 4.27. The molecule has 182 valence electrons. The minimum Gasteiger partial charge on any atom is -0.493 e. The fraction of sp³-hybridized carbons (Fsp3) is 0.417. The molecule has 0 spiro atoms. The molecule has 34 heavy (non-hydrogen) atoms. The lowest BCUT2D eigenvalue weighted by molar-refractivity contribution is -0.118. The molecule has 1 saturated carbocycles. The summed E-state index contributed by atoms with van der Waals surface area (Å²) >= 11 is 1.35. The lowest BCUT2D eigenvalue weighted by Crippen LogP contribution is -2.38. The van der Waals surface area contributed by atoms with Crippen molar-refractivity contribution in [3.05, 3.63) is 42.0 Å². The first kappa shape index (κ1) is 24.4. The van der Waals surface area contributed by atoms with Gasteiger partial charge < -0.3 is 14.8 Å². The van der Waals surface area contributed by atoms with Gasteiger partial charge in [-0.15, -0.1) is 0 Å². The van der Waals surface area contributed by atoms with Crippen LogP contribution in [0, 0.1) is 0 Å². The van der Waals surface area contributed by atoms with E-state index in [0.717, 1.165) is 30.4 Å². The summed E-state index contributed by atoms with van der Waals surface area (Å²) < 4.78 is 36.0. The van der Waals surface area contributed by atoms with E-state index in [1.54, 1.807) is 51.5 Å². The van der Waals surface area contributed by atoms with Gasteiger partial charge in [0.2, 0.25) is 5.91 Å². The first-order valence-electron chi connectivity index (χ1n) is 11.3. The molecule has 8 nitrogen and oxygen atoms in total. The summed E-state index contributed by atoms with van der Waals surface area (Å²) in [6, 6.07) is 9.79. The number of aromatic nitrogens is 1. The third kappa shape index (κ3) is 5.18. The highest BCUT2D eigenvalue weighted by Crippen LogP contribution is 2.36. The molecule has 0 bridgehead atoms. The number of hydrogen-bond donors (Lipinski definition) is 2. The summed E-state index contributed by atoms with van der Waals surface area (Å²) in [6.45, 7) is 1.62. The fourth-order valence-corrected chi connectivity index (χ4v) is 5.93. The highest BCUT2D eigenvalue weighted by atomic mass is 32.2. The monoisotopic (exact) mass is 503 g/mol. The van der Waals surface area contributed by atoms with E-state index in [1.807, 2.05) is 6.07 Å². The van der Waals surface area contributed by atoms with Gasteiger partial charge in [-0.25, -0.2) is 13.4 Å². The minimum atomic E-state index is -3.31. The first-order valence-corrected chi connectivity index (χ1v) is 13.7. The number of amides is 1. The van der Waals surface area contributed by atoms with Crippen LogP contribution in [-0.2, 0) is 14.6 Å². The van der Waals surface area contributed by atoms with E-state index in [0.29, 0.717) is 27.7 Å². The van der Waals surface area contributed by atoms with Gasteiger partial charge in [0.1, 0.15) is 6.04 Å². The van der Waals surface area contributed by atoms with Gasteiger partial charge in [0.15, 0.2) is 26.5 Å². The van der Waals surface area contributed by atoms with Crippen LogP contribution < -0.4 is 20.1 Å². The number of nitrogens with zero attached hydrogens (tertiary/aromatic N) is 1. The van der Waals surface area contributed by atoms with Crippen LogP contribution in [0.4, 0.5) is 5.13 Å².